The van der Waals surface area contributed by atoms with E-state index in [0.717, 1.165) is 5.56 Å². The number of halogens is 1. The minimum Gasteiger partial charge on any atom is -0.360 e. The van der Waals surface area contributed by atoms with E-state index in [2.05, 4.69) is 10.4 Å². The van der Waals surface area contributed by atoms with Crippen molar-refractivity contribution in [1.82, 2.24) is 9.78 Å². The predicted octanol–water partition coefficient (Wildman–Crippen LogP) is 3.16. The number of hydrogen-bond donors (Lipinski definition) is 1. The molecule has 106 valence electrons. The third-order valence-electron chi connectivity index (χ3n) is 2.96. The van der Waals surface area contributed by atoms with E-state index in [4.69, 9.17) is 11.6 Å². The van der Waals surface area contributed by atoms with Crippen LogP contribution in [0.5, 0.6) is 0 Å². The summed E-state index contributed by atoms with van der Waals surface area (Å²) < 4.78 is 1.50. The maximum Gasteiger partial charge on any atom is 0.333 e. The van der Waals surface area contributed by atoms with Crippen LogP contribution in [0.4, 0.5) is 11.5 Å². The summed E-state index contributed by atoms with van der Waals surface area (Å²) in [5.41, 5.74) is 1.47. The van der Waals surface area contributed by atoms with Crippen LogP contribution in [0.25, 0.3) is 0 Å². The van der Waals surface area contributed by atoms with Crippen molar-refractivity contribution < 1.29 is 4.92 Å². The molecule has 1 aromatic carbocycles. The Morgan fingerprint density at radius 3 is 2.85 bits per heavy atom. The van der Waals surface area contributed by atoms with Crippen LogP contribution in [0.2, 0.25) is 5.02 Å². The van der Waals surface area contributed by atoms with Crippen molar-refractivity contribution in [3.8, 4) is 0 Å². The van der Waals surface area contributed by atoms with E-state index in [1.807, 2.05) is 25.1 Å². The van der Waals surface area contributed by atoms with Crippen LogP contribution in [0, 0.1) is 10.1 Å². The topological polar surface area (TPSA) is 73.0 Å². The van der Waals surface area contributed by atoms with Crippen LogP contribution in [-0.4, -0.2) is 14.7 Å². The van der Waals surface area contributed by atoms with E-state index >= 15 is 0 Å². The number of aromatic nitrogens is 2. The van der Waals surface area contributed by atoms with Crippen LogP contribution in [0.1, 0.15) is 18.2 Å². The van der Waals surface area contributed by atoms with Gasteiger partial charge in [0, 0.05) is 18.6 Å². The number of nitrogens with zero attached hydrogens (tertiary/aromatic N) is 3. The maximum absolute atomic E-state index is 11.2. The predicted molar refractivity (Wildman–Crippen MR) is 78.0 cm³/mol. The lowest BCUT2D eigenvalue weighted by molar-refractivity contribution is -0.384. The fourth-order valence-electron chi connectivity index (χ4n) is 2.03. The summed E-state index contributed by atoms with van der Waals surface area (Å²) in [4.78, 5) is 10.8. The highest BCUT2D eigenvalue weighted by Gasteiger charge is 2.25. The van der Waals surface area contributed by atoms with E-state index in [9.17, 15) is 10.1 Å². The summed E-state index contributed by atoms with van der Waals surface area (Å²) >= 11 is 5.91. The maximum atomic E-state index is 11.2. The molecule has 6 nitrogen and oxygen atoms in total. The Kier molecular flexibility index (Phi) is 4.24. The van der Waals surface area contributed by atoms with Gasteiger partial charge in [0.1, 0.15) is 5.69 Å². The second-order valence-corrected chi connectivity index (χ2v) is 4.80. The number of anilines is 1. The largest absolute Gasteiger partial charge is 0.360 e. The summed E-state index contributed by atoms with van der Waals surface area (Å²) in [5, 5.41) is 19.0. The van der Waals surface area contributed by atoms with Crippen molar-refractivity contribution in [2.45, 2.75) is 19.9 Å². The highest BCUT2D eigenvalue weighted by atomic mass is 35.5. The van der Waals surface area contributed by atoms with Gasteiger partial charge in [0.2, 0.25) is 5.82 Å². The molecule has 0 bridgehead atoms. The number of hydrogen-bond acceptors (Lipinski definition) is 4. The van der Waals surface area contributed by atoms with Crippen LogP contribution < -0.4 is 5.32 Å². The molecule has 0 fully saturated rings. The zero-order chi connectivity index (χ0) is 14.7. The molecule has 0 saturated carbocycles. The van der Waals surface area contributed by atoms with E-state index in [1.165, 1.54) is 4.68 Å². The fourth-order valence-corrected chi connectivity index (χ4v) is 2.24. The molecule has 0 saturated heterocycles. The molecule has 0 amide bonds. The number of rotatable bonds is 5. The first kappa shape index (κ1) is 14.3. The van der Waals surface area contributed by atoms with Gasteiger partial charge < -0.3 is 5.32 Å². The number of aryl methyl sites for hydroxylation is 2. The zero-order valence-electron chi connectivity index (χ0n) is 11.3. The second kappa shape index (κ2) is 5.92. The first-order valence-electron chi connectivity index (χ1n) is 6.21. The van der Waals surface area contributed by atoms with E-state index in [0.29, 0.717) is 29.5 Å². The number of nitrogens with one attached hydrogen (secondary N) is 1. The Morgan fingerprint density at radius 2 is 2.25 bits per heavy atom. The van der Waals surface area contributed by atoms with Crippen molar-refractivity contribution in [2.24, 2.45) is 7.05 Å². The van der Waals surface area contributed by atoms with Crippen molar-refractivity contribution >= 4 is 23.1 Å². The van der Waals surface area contributed by atoms with Crippen molar-refractivity contribution in [1.29, 1.82) is 0 Å². The smallest absolute Gasteiger partial charge is 0.333 e. The summed E-state index contributed by atoms with van der Waals surface area (Å²) in [5.74, 6) is 0.409. The van der Waals surface area contributed by atoms with Gasteiger partial charge in [-0.25, -0.2) is 4.68 Å². The molecule has 7 heteroatoms. The molecule has 0 unspecified atom stereocenters. The Hall–Kier alpha value is -2.08. The third kappa shape index (κ3) is 2.91. The summed E-state index contributed by atoms with van der Waals surface area (Å²) in [7, 11) is 1.69. The Balaban J connectivity index is 2.25. The van der Waals surface area contributed by atoms with Crippen LogP contribution in [-0.2, 0) is 20.0 Å². The number of nitro groups is 1. The van der Waals surface area contributed by atoms with E-state index < -0.39 is 4.92 Å². The molecule has 1 N–H and O–H groups in total. The first-order chi connectivity index (χ1) is 9.52. The van der Waals surface area contributed by atoms with Crippen molar-refractivity contribution in [3.05, 3.63) is 50.7 Å². The fraction of sp³-hybridized carbons (Fsp3) is 0.308. The molecule has 20 heavy (non-hydrogen) atoms. The van der Waals surface area contributed by atoms with Gasteiger partial charge in [-0.05, 0) is 24.1 Å². The lowest BCUT2D eigenvalue weighted by Crippen LogP contribution is -2.06. The van der Waals surface area contributed by atoms with E-state index in [-0.39, 0.29) is 5.69 Å². The van der Waals surface area contributed by atoms with Gasteiger partial charge in [0.15, 0.2) is 0 Å². The van der Waals surface area contributed by atoms with Gasteiger partial charge in [-0.15, -0.1) is 0 Å². The van der Waals surface area contributed by atoms with Crippen LogP contribution in [0.15, 0.2) is 24.3 Å². The summed E-state index contributed by atoms with van der Waals surface area (Å²) in [6.45, 7) is 2.29. The molecule has 0 aliphatic carbocycles. The molecule has 1 aromatic heterocycles. The molecule has 0 aliphatic rings. The monoisotopic (exact) mass is 294 g/mol. The minimum absolute atomic E-state index is 0.0389. The molecule has 0 aliphatic heterocycles. The molecule has 1 heterocycles. The van der Waals surface area contributed by atoms with Gasteiger partial charge in [-0.1, -0.05) is 30.7 Å². The zero-order valence-corrected chi connectivity index (χ0v) is 12.0. The van der Waals surface area contributed by atoms with E-state index in [1.54, 1.807) is 13.1 Å². The average molecular weight is 295 g/mol. The van der Waals surface area contributed by atoms with Gasteiger partial charge in [0.05, 0.1) is 4.92 Å². The molecule has 2 rings (SSSR count). The second-order valence-electron chi connectivity index (χ2n) is 4.36. The van der Waals surface area contributed by atoms with Crippen LogP contribution >= 0.6 is 11.6 Å². The van der Waals surface area contributed by atoms with Crippen molar-refractivity contribution in [3.63, 3.8) is 0 Å². The Bertz CT molecular complexity index is 639. The lowest BCUT2D eigenvalue weighted by Gasteiger charge is -2.06. The molecular formula is C13H15ClN4O2. The normalized spacial score (nSPS) is 10.6. The Labute approximate surface area is 121 Å². The molecule has 0 atom stereocenters. The molecular weight excluding hydrogens is 280 g/mol. The molecule has 2 aromatic rings. The van der Waals surface area contributed by atoms with Gasteiger partial charge in [0.25, 0.3) is 0 Å². The number of benzene rings is 1. The van der Waals surface area contributed by atoms with Crippen LogP contribution in [0.3, 0.4) is 0 Å². The van der Waals surface area contributed by atoms with Gasteiger partial charge in [-0.2, -0.15) is 5.10 Å². The quantitative estimate of drug-likeness (QED) is 0.679. The molecule has 0 spiro atoms. The van der Waals surface area contributed by atoms with Gasteiger partial charge >= 0.3 is 5.69 Å². The highest BCUT2D eigenvalue weighted by molar-refractivity contribution is 6.30. The first-order valence-corrected chi connectivity index (χ1v) is 6.59. The summed E-state index contributed by atoms with van der Waals surface area (Å²) in [6, 6.07) is 7.35. The third-order valence-corrected chi connectivity index (χ3v) is 3.19. The highest BCUT2D eigenvalue weighted by Crippen LogP contribution is 2.28. The van der Waals surface area contributed by atoms with Crippen molar-refractivity contribution in [2.75, 3.05) is 5.32 Å². The standard InChI is InChI=1S/C13H15ClN4O2/c1-3-11-12(18(19)20)13(17(2)16-11)15-8-9-5-4-6-10(14)7-9/h4-7,15H,3,8H2,1-2H3. The lowest BCUT2D eigenvalue weighted by atomic mass is 10.2. The molecule has 0 radical (unpaired) electrons. The average Bonchev–Trinajstić information content (AvgIpc) is 2.73. The summed E-state index contributed by atoms with van der Waals surface area (Å²) in [6.07, 6.45) is 0.517. The Morgan fingerprint density at radius 1 is 1.50 bits per heavy atom. The minimum atomic E-state index is -0.397. The SMILES string of the molecule is CCc1nn(C)c(NCc2cccc(Cl)c2)c1[N+](=O)[O-]. The van der Waals surface area contributed by atoms with Gasteiger partial charge in [-0.3, -0.25) is 10.1 Å².